The van der Waals surface area contributed by atoms with Gasteiger partial charge >= 0.3 is 11.8 Å². The number of hydrogen-bond donors (Lipinski definition) is 3. The summed E-state index contributed by atoms with van der Waals surface area (Å²) in [6.07, 6.45) is 2.41. The fraction of sp³-hybridized carbons (Fsp3) is 0.750. The van der Waals surface area contributed by atoms with Gasteiger partial charge in [0.05, 0.1) is 0 Å². The van der Waals surface area contributed by atoms with Crippen molar-refractivity contribution >= 4 is 11.8 Å². The zero-order valence-corrected chi connectivity index (χ0v) is 7.38. The van der Waals surface area contributed by atoms with Gasteiger partial charge in [0, 0.05) is 19.2 Å². The molecule has 74 valence electrons. The molecule has 0 spiro atoms. The van der Waals surface area contributed by atoms with E-state index in [2.05, 4.69) is 10.6 Å². The maximum Gasteiger partial charge on any atom is 0.309 e. The van der Waals surface area contributed by atoms with E-state index in [4.69, 9.17) is 5.11 Å². The molecule has 1 aliphatic carbocycles. The first-order valence-corrected chi connectivity index (χ1v) is 4.43. The van der Waals surface area contributed by atoms with Crippen molar-refractivity contribution < 1.29 is 14.7 Å². The molecule has 0 atom stereocenters. The molecule has 0 unspecified atom stereocenters. The molecule has 0 aromatic rings. The largest absolute Gasteiger partial charge is 0.396 e. The first kappa shape index (κ1) is 9.98. The summed E-state index contributed by atoms with van der Waals surface area (Å²) < 4.78 is 0. The Labute approximate surface area is 76.5 Å². The van der Waals surface area contributed by atoms with Crippen LogP contribution in [0.25, 0.3) is 0 Å². The normalized spacial score (nSPS) is 15.2. The van der Waals surface area contributed by atoms with Crippen molar-refractivity contribution in [1.82, 2.24) is 10.6 Å². The van der Waals surface area contributed by atoms with Crippen molar-refractivity contribution in [2.75, 3.05) is 13.2 Å². The Morgan fingerprint density at radius 2 is 2.00 bits per heavy atom. The molecule has 1 fully saturated rings. The topological polar surface area (TPSA) is 78.4 Å². The van der Waals surface area contributed by atoms with Gasteiger partial charge in [0.25, 0.3) is 0 Å². The van der Waals surface area contributed by atoms with E-state index in [-0.39, 0.29) is 12.6 Å². The van der Waals surface area contributed by atoms with Crippen molar-refractivity contribution in [3.8, 4) is 0 Å². The minimum absolute atomic E-state index is 0.0184. The SMILES string of the molecule is O=C(NCCCO)C(=O)NC1CC1. The molecule has 13 heavy (non-hydrogen) atoms. The molecule has 2 amide bonds. The molecule has 0 saturated heterocycles. The van der Waals surface area contributed by atoms with Crippen LogP contribution in [0.5, 0.6) is 0 Å². The fourth-order valence-electron chi connectivity index (χ4n) is 0.840. The molecule has 1 saturated carbocycles. The van der Waals surface area contributed by atoms with Crippen molar-refractivity contribution in [2.45, 2.75) is 25.3 Å². The molecule has 1 aliphatic rings. The summed E-state index contributed by atoms with van der Waals surface area (Å²) >= 11 is 0. The number of hydrogen-bond acceptors (Lipinski definition) is 3. The number of carbonyl (C=O) groups excluding carboxylic acids is 2. The van der Waals surface area contributed by atoms with Crippen LogP contribution in [0.2, 0.25) is 0 Å². The summed E-state index contributed by atoms with van der Waals surface area (Å²) in [5.74, 6) is -1.18. The van der Waals surface area contributed by atoms with Crippen LogP contribution in [-0.2, 0) is 9.59 Å². The Bertz CT molecular complexity index is 202. The van der Waals surface area contributed by atoms with Gasteiger partial charge < -0.3 is 15.7 Å². The average molecular weight is 186 g/mol. The zero-order valence-electron chi connectivity index (χ0n) is 7.38. The van der Waals surface area contributed by atoms with E-state index in [9.17, 15) is 9.59 Å². The lowest BCUT2D eigenvalue weighted by Crippen LogP contribution is -2.41. The molecule has 1 rings (SSSR count). The highest BCUT2D eigenvalue weighted by Crippen LogP contribution is 2.18. The highest BCUT2D eigenvalue weighted by Gasteiger charge is 2.25. The lowest BCUT2D eigenvalue weighted by atomic mass is 10.4. The zero-order chi connectivity index (χ0) is 9.68. The van der Waals surface area contributed by atoms with Crippen LogP contribution < -0.4 is 10.6 Å². The van der Waals surface area contributed by atoms with Crippen LogP contribution in [0.3, 0.4) is 0 Å². The van der Waals surface area contributed by atoms with Gasteiger partial charge in [-0.25, -0.2) is 0 Å². The standard InChI is InChI=1S/C8H14N2O3/c11-5-1-4-9-7(12)8(13)10-6-2-3-6/h6,11H,1-5H2,(H,9,12)(H,10,13). The van der Waals surface area contributed by atoms with Gasteiger partial charge in [0.2, 0.25) is 0 Å². The molecule has 5 nitrogen and oxygen atoms in total. The molecule has 0 radical (unpaired) electrons. The quantitative estimate of drug-likeness (QED) is 0.380. The number of aliphatic hydroxyl groups excluding tert-OH is 1. The van der Waals surface area contributed by atoms with Crippen molar-refractivity contribution in [3.63, 3.8) is 0 Å². The van der Waals surface area contributed by atoms with E-state index in [0.29, 0.717) is 13.0 Å². The third-order valence-electron chi connectivity index (χ3n) is 1.74. The first-order valence-electron chi connectivity index (χ1n) is 4.43. The van der Waals surface area contributed by atoms with E-state index >= 15 is 0 Å². The number of amides is 2. The Balaban J connectivity index is 2.09. The Kier molecular flexibility index (Phi) is 3.70. The third kappa shape index (κ3) is 3.89. The number of nitrogens with one attached hydrogen (secondary N) is 2. The number of aliphatic hydroxyl groups is 1. The number of carbonyl (C=O) groups is 2. The van der Waals surface area contributed by atoms with Crippen molar-refractivity contribution in [1.29, 1.82) is 0 Å². The van der Waals surface area contributed by atoms with E-state index in [1.807, 2.05) is 0 Å². The second kappa shape index (κ2) is 4.81. The van der Waals surface area contributed by atoms with E-state index in [1.165, 1.54) is 0 Å². The maximum atomic E-state index is 11.0. The van der Waals surface area contributed by atoms with Crippen molar-refractivity contribution in [2.24, 2.45) is 0 Å². The highest BCUT2D eigenvalue weighted by molar-refractivity contribution is 6.35. The van der Waals surface area contributed by atoms with E-state index in [0.717, 1.165) is 12.8 Å². The van der Waals surface area contributed by atoms with Crippen LogP contribution in [0.15, 0.2) is 0 Å². The van der Waals surface area contributed by atoms with Gasteiger partial charge in [-0.1, -0.05) is 0 Å². The van der Waals surface area contributed by atoms with Crippen LogP contribution >= 0.6 is 0 Å². The molecule has 0 aromatic heterocycles. The average Bonchev–Trinajstić information content (AvgIpc) is 2.88. The second-order valence-electron chi connectivity index (χ2n) is 3.08. The van der Waals surface area contributed by atoms with E-state index < -0.39 is 11.8 Å². The predicted molar refractivity (Wildman–Crippen MR) is 45.9 cm³/mol. The molecular formula is C8H14N2O3. The Morgan fingerprint density at radius 1 is 1.31 bits per heavy atom. The summed E-state index contributed by atoms with van der Waals surface area (Å²) in [5, 5.41) is 13.4. The first-order chi connectivity index (χ1) is 6.24. The lowest BCUT2D eigenvalue weighted by Gasteiger charge is -2.03. The van der Waals surface area contributed by atoms with Crippen LogP contribution in [0.1, 0.15) is 19.3 Å². The van der Waals surface area contributed by atoms with Gasteiger partial charge in [0.1, 0.15) is 0 Å². The minimum Gasteiger partial charge on any atom is -0.396 e. The maximum absolute atomic E-state index is 11.0. The molecule has 0 bridgehead atoms. The molecule has 5 heteroatoms. The summed E-state index contributed by atoms with van der Waals surface area (Å²) in [7, 11) is 0. The molecule has 0 aromatic carbocycles. The van der Waals surface area contributed by atoms with Gasteiger partial charge in [-0.15, -0.1) is 0 Å². The second-order valence-corrected chi connectivity index (χ2v) is 3.08. The van der Waals surface area contributed by atoms with Gasteiger partial charge in [-0.2, -0.15) is 0 Å². The Hall–Kier alpha value is -1.10. The fourth-order valence-corrected chi connectivity index (χ4v) is 0.840. The number of rotatable bonds is 4. The third-order valence-corrected chi connectivity index (χ3v) is 1.74. The Morgan fingerprint density at radius 3 is 2.54 bits per heavy atom. The summed E-state index contributed by atoms with van der Waals surface area (Å²) in [6, 6.07) is 0.205. The van der Waals surface area contributed by atoms with Crippen LogP contribution in [0.4, 0.5) is 0 Å². The minimum atomic E-state index is -0.611. The molecule has 0 heterocycles. The molecule has 0 aliphatic heterocycles. The highest BCUT2D eigenvalue weighted by atomic mass is 16.3. The van der Waals surface area contributed by atoms with Gasteiger partial charge in [-0.3, -0.25) is 9.59 Å². The summed E-state index contributed by atoms with van der Waals surface area (Å²) in [6.45, 7) is 0.359. The van der Waals surface area contributed by atoms with Gasteiger partial charge in [-0.05, 0) is 19.3 Å². The predicted octanol–water partition coefficient (Wildman–Crippen LogP) is -1.24. The molecule has 3 N–H and O–H groups in total. The summed E-state index contributed by atoms with van der Waals surface area (Å²) in [5.41, 5.74) is 0. The van der Waals surface area contributed by atoms with Crippen LogP contribution in [-0.4, -0.2) is 36.1 Å². The van der Waals surface area contributed by atoms with Crippen molar-refractivity contribution in [3.05, 3.63) is 0 Å². The smallest absolute Gasteiger partial charge is 0.309 e. The van der Waals surface area contributed by atoms with Crippen LogP contribution in [0, 0.1) is 0 Å². The summed E-state index contributed by atoms with van der Waals surface area (Å²) in [4.78, 5) is 22.0. The monoisotopic (exact) mass is 186 g/mol. The lowest BCUT2D eigenvalue weighted by molar-refractivity contribution is -0.139. The van der Waals surface area contributed by atoms with Gasteiger partial charge in [0.15, 0.2) is 0 Å². The molecular weight excluding hydrogens is 172 g/mol. The van der Waals surface area contributed by atoms with E-state index in [1.54, 1.807) is 0 Å².